The Morgan fingerprint density at radius 1 is 1.35 bits per heavy atom. The molecule has 1 aromatic rings. The predicted octanol–water partition coefficient (Wildman–Crippen LogP) is 3.84. The van der Waals surface area contributed by atoms with Gasteiger partial charge in [-0.2, -0.15) is 18.3 Å². The van der Waals surface area contributed by atoms with Gasteiger partial charge in [0.1, 0.15) is 5.69 Å². The molecule has 2 heterocycles. The van der Waals surface area contributed by atoms with Crippen molar-refractivity contribution in [3.8, 4) is 0 Å². The fourth-order valence-corrected chi connectivity index (χ4v) is 2.85. The molecule has 0 amide bonds. The maximum atomic E-state index is 12.9. The average Bonchev–Trinajstić information content (AvgIpc) is 2.72. The Balaban J connectivity index is 0.000000704. The van der Waals surface area contributed by atoms with Gasteiger partial charge < -0.3 is 4.74 Å². The standard InChI is InChI=1S/C12H15F3N2O.C2H6/c1-2-8-3-10(12(13,14)15)17(16-8)9-4-11(5-9)6-18-7-11;1-2/h3,9H,2,4-7H2,1H3;1-2H3. The van der Waals surface area contributed by atoms with Crippen molar-refractivity contribution < 1.29 is 17.9 Å². The summed E-state index contributed by atoms with van der Waals surface area (Å²) >= 11 is 0. The lowest BCUT2D eigenvalue weighted by atomic mass is 9.64. The van der Waals surface area contributed by atoms with E-state index in [4.69, 9.17) is 4.74 Å². The first kappa shape index (κ1) is 15.4. The number of aryl methyl sites for hydroxylation is 1. The molecule has 2 aliphatic rings. The van der Waals surface area contributed by atoms with Crippen LogP contribution in [0, 0.1) is 5.41 Å². The highest BCUT2D eigenvalue weighted by Gasteiger charge is 2.52. The van der Waals surface area contributed by atoms with Gasteiger partial charge in [0.25, 0.3) is 0 Å². The van der Waals surface area contributed by atoms with E-state index >= 15 is 0 Å². The van der Waals surface area contributed by atoms with Gasteiger partial charge in [-0.3, -0.25) is 4.68 Å². The summed E-state index contributed by atoms with van der Waals surface area (Å²) in [5, 5.41) is 4.10. The Morgan fingerprint density at radius 2 is 1.95 bits per heavy atom. The van der Waals surface area contributed by atoms with Gasteiger partial charge in [-0.1, -0.05) is 20.8 Å². The second-order valence-corrected chi connectivity index (χ2v) is 5.37. The van der Waals surface area contributed by atoms with Gasteiger partial charge in [-0.05, 0) is 25.3 Å². The third-order valence-corrected chi connectivity index (χ3v) is 3.94. The summed E-state index contributed by atoms with van der Waals surface area (Å²) in [7, 11) is 0. The zero-order chi connectivity index (χ0) is 15.0. The van der Waals surface area contributed by atoms with Crippen molar-refractivity contribution in [2.45, 2.75) is 52.3 Å². The summed E-state index contributed by atoms with van der Waals surface area (Å²) in [6.45, 7) is 7.19. The van der Waals surface area contributed by atoms with Crippen molar-refractivity contribution in [3.05, 3.63) is 17.5 Å². The highest BCUT2D eigenvalue weighted by Crippen LogP contribution is 2.53. The molecular weight excluding hydrogens is 269 g/mol. The fraction of sp³-hybridized carbons (Fsp3) is 0.786. The van der Waals surface area contributed by atoms with E-state index in [0.717, 1.165) is 12.8 Å². The van der Waals surface area contributed by atoms with Crippen molar-refractivity contribution in [3.63, 3.8) is 0 Å². The quantitative estimate of drug-likeness (QED) is 0.827. The minimum Gasteiger partial charge on any atom is -0.380 e. The number of aromatic nitrogens is 2. The number of ether oxygens (including phenoxy) is 1. The van der Waals surface area contributed by atoms with Gasteiger partial charge in [0.05, 0.1) is 24.9 Å². The number of nitrogens with zero attached hydrogens (tertiary/aromatic N) is 2. The number of rotatable bonds is 2. The minimum atomic E-state index is -4.32. The maximum absolute atomic E-state index is 12.9. The molecule has 0 N–H and O–H groups in total. The van der Waals surface area contributed by atoms with Crippen LogP contribution >= 0.6 is 0 Å². The van der Waals surface area contributed by atoms with E-state index in [1.54, 1.807) is 0 Å². The van der Waals surface area contributed by atoms with Gasteiger partial charge in [0, 0.05) is 5.41 Å². The molecule has 0 unspecified atom stereocenters. The lowest BCUT2D eigenvalue weighted by Gasteiger charge is -2.53. The Bertz CT molecular complexity index is 455. The third kappa shape index (κ3) is 2.57. The summed E-state index contributed by atoms with van der Waals surface area (Å²) in [4.78, 5) is 0. The smallest absolute Gasteiger partial charge is 0.380 e. The molecule has 1 saturated heterocycles. The number of hydrogen-bond donors (Lipinski definition) is 0. The van der Waals surface area contributed by atoms with Crippen molar-refractivity contribution in [2.24, 2.45) is 5.41 Å². The van der Waals surface area contributed by atoms with E-state index in [0.29, 0.717) is 25.3 Å². The largest absolute Gasteiger partial charge is 0.433 e. The van der Waals surface area contributed by atoms with E-state index in [1.165, 1.54) is 10.7 Å². The zero-order valence-electron chi connectivity index (χ0n) is 12.1. The summed E-state index contributed by atoms with van der Waals surface area (Å²) in [5.41, 5.74) is 0.0406. The van der Waals surface area contributed by atoms with Crippen LogP contribution in [0.3, 0.4) is 0 Å². The molecule has 0 aromatic carbocycles. The van der Waals surface area contributed by atoms with E-state index in [9.17, 15) is 13.2 Å². The van der Waals surface area contributed by atoms with Crippen LogP contribution in [0.25, 0.3) is 0 Å². The number of halogens is 3. The first-order valence-electron chi connectivity index (χ1n) is 7.17. The molecule has 3 rings (SSSR count). The van der Waals surface area contributed by atoms with Gasteiger partial charge in [-0.15, -0.1) is 0 Å². The summed E-state index contributed by atoms with van der Waals surface area (Å²) in [5.74, 6) is 0. The molecule has 0 bridgehead atoms. The van der Waals surface area contributed by atoms with Crippen LogP contribution in [0.2, 0.25) is 0 Å². The van der Waals surface area contributed by atoms with Gasteiger partial charge in [-0.25, -0.2) is 0 Å². The summed E-state index contributed by atoms with van der Waals surface area (Å²) in [6, 6.07) is 1.05. The molecule has 1 aromatic heterocycles. The van der Waals surface area contributed by atoms with E-state index in [2.05, 4.69) is 5.10 Å². The molecule has 6 heteroatoms. The highest BCUT2D eigenvalue weighted by molar-refractivity contribution is 5.16. The Labute approximate surface area is 117 Å². The van der Waals surface area contributed by atoms with Crippen LogP contribution in [-0.2, 0) is 17.3 Å². The minimum absolute atomic E-state index is 0.120. The third-order valence-electron chi connectivity index (χ3n) is 3.94. The molecule has 0 radical (unpaired) electrons. The number of hydrogen-bond acceptors (Lipinski definition) is 2. The van der Waals surface area contributed by atoms with Crippen LogP contribution in [0.4, 0.5) is 13.2 Å². The molecule has 1 aliphatic heterocycles. The number of alkyl halides is 3. The zero-order valence-corrected chi connectivity index (χ0v) is 12.1. The normalized spacial score (nSPS) is 20.9. The molecule has 114 valence electrons. The average molecular weight is 290 g/mol. The van der Waals surface area contributed by atoms with Crippen molar-refractivity contribution in [2.75, 3.05) is 13.2 Å². The van der Waals surface area contributed by atoms with Crippen molar-refractivity contribution in [1.82, 2.24) is 9.78 Å². The van der Waals surface area contributed by atoms with Gasteiger partial charge >= 0.3 is 6.18 Å². The SMILES string of the molecule is CC.CCc1cc(C(F)(F)F)n(C2CC3(COC3)C2)n1. The summed E-state index contributed by atoms with van der Waals surface area (Å²) in [6.07, 6.45) is -2.29. The molecule has 3 nitrogen and oxygen atoms in total. The van der Waals surface area contributed by atoms with Crippen LogP contribution in [0.5, 0.6) is 0 Å². The summed E-state index contributed by atoms with van der Waals surface area (Å²) < 4.78 is 45.1. The molecule has 1 saturated carbocycles. The lowest BCUT2D eigenvalue weighted by molar-refractivity contribution is -0.182. The van der Waals surface area contributed by atoms with E-state index < -0.39 is 11.9 Å². The topological polar surface area (TPSA) is 27.1 Å². The maximum Gasteiger partial charge on any atom is 0.433 e. The first-order chi connectivity index (χ1) is 9.43. The van der Waals surface area contributed by atoms with Crippen molar-refractivity contribution >= 4 is 0 Å². The highest BCUT2D eigenvalue weighted by atomic mass is 19.4. The van der Waals surface area contributed by atoms with Gasteiger partial charge in [0.2, 0.25) is 0 Å². The molecule has 2 fully saturated rings. The lowest BCUT2D eigenvalue weighted by Crippen LogP contribution is -2.53. The Hall–Kier alpha value is -1.04. The molecular formula is C14H21F3N2O. The van der Waals surface area contributed by atoms with Crippen LogP contribution in [0.1, 0.15) is 51.0 Å². The van der Waals surface area contributed by atoms with E-state index in [1.807, 2.05) is 20.8 Å². The Kier molecular flexibility index (Phi) is 4.14. The van der Waals surface area contributed by atoms with Crippen LogP contribution in [0.15, 0.2) is 6.07 Å². The van der Waals surface area contributed by atoms with Crippen LogP contribution < -0.4 is 0 Å². The molecule has 20 heavy (non-hydrogen) atoms. The second-order valence-electron chi connectivity index (χ2n) is 5.37. The van der Waals surface area contributed by atoms with Crippen molar-refractivity contribution in [1.29, 1.82) is 0 Å². The predicted molar refractivity (Wildman–Crippen MR) is 69.5 cm³/mol. The molecule has 1 spiro atoms. The monoisotopic (exact) mass is 290 g/mol. The second kappa shape index (κ2) is 5.39. The Morgan fingerprint density at radius 3 is 2.35 bits per heavy atom. The van der Waals surface area contributed by atoms with Gasteiger partial charge in [0.15, 0.2) is 0 Å². The first-order valence-corrected chi connectivity index (χ1v) is 7.17. The van der Waals surface area contributed by atoms with E-state index in [-0.39, 0.29) is 11.5 Å². The fourth-order valence-electron chi connectivity index (χ4n) is 2.85. The molecule has 0 atom stereocenters. The molecule has 1 aliphatic carbocycles. The van der Waals surface area contributed by atoms with Crippen LogP contribution in [-0.4, -0.2) is 23.0 Å².